The Morgan fingerprint density at radius 1 is 1.30 bits per heavy atom. The molecule has 0 radical (unpaired) electrons. The number of nitrogens with one attached hydrogen (secondary N) is 1. The zero-order valence-electron chi connectivity index (χ0n) is 13.6. The number of fused-ring (bicyclic) bond motifs is 2. The van der Waals surface area contributed by atoms with Gasteiger partial charge in [-0.3, -0.25) is 4.79 Å². The molecule has 0 aliphatic heterocycles. The second-order valence-electron chi connectivity index (χ2n) is 6.22. The molecule has 0 spiro atoms. The van der Waals surface area contributed by atoms with Gasteiger partial charge in [0.15, 0.2) is 11.5 Å². The zero-order chi connectivity index (χ0) is 15.7. The van der Waals surface area contributed by atoms with E-state index in [0.29, 0.717) is 29.9 Å². The Kier molecular flexibility index (Phi) is 5.76. The highest BCUT2D eigenvalue weighted by atomic mass is 35.5. The molecule has 2 aliphatic carbocycles. The maximum absolute atomic E-state index is 12.6. The molecular formula is C17H25ClN2O3. The van der Waals surface area contributed by atoms with Gasteiger partial charge < -0.3 is 20.5 Å². The number of rotatable bonds is 5. The fraction of sp³-hybridized carbons (Fsp3) is 0.588. The number of hydrogen-bond donors (Lipinski definition) is 2. The maximum Gasteiger partial charge on any atom is 0.229 e. The third-order valence-electron chi connectivity index (χ3n) is 5.01. The van der Waals surface area contributed by atoms with Gasteiger partial charge in [-0.05, 0) is 50.2 Å². The predicted molar refractivity (Wildman–Crippen MR) is 92.3 cm³/mol. The van der Waals surface area contributed by atoms with Crippen molar-refractivity contribution in [3.05, 3.63) is 18.2 Å². The molecule has 4 atom stereocenters. The van der Waals surface area contributed by atoms with Crippen LogP contribution in [0.4, 0.5) is 5.69 Å². The molecule has 3 rings (SSSR count). The monoisotopic (exact) mass is 340 g/mol. The molecule has 2 saturated carbocycles. The van der Waals surface area contributed by atoms with E-state index in [9.17, 15) is 4.79 Å². The van der Waals surface area contributed by atoms with E-state index in [1.54, 1.807) is 19.2 Å². The SMILES string of the molecule is CCOc1cc(NC(=O)C2C3CCC(C3)C2N)ccc1OC.Cl. The number of anilines is 1. The minimum absolute atomic E-state index is 0. The highest BCUT2D eigenvalue weighted by molar-refractivity contribution is 5.94. The Balaban J connectivity index is 0.00000192. The van der Waals surface area contributed by atoms with Gasteiger partial charge in [0.1, 0.15) is 0 Å². The first-order chi connectivity index (χ1) is 10.6. The summed E-state index contributed by atoms with van der Waals surface area (Å²) in [4.78, 5) is 12.6. The van der Waals surface area contributed by atoms with Crippen molar-refractivity contribution < 1.29 is 14.3 Å². The van der Waals surface area contributed by atoms with Crippen LogP contribution in [0.5, 0.6) is 11.5 Å². The van der Waals surface area contributed by atoms with E-state index in [2.05, 4.69) is 5.32 Å². The average molecular weight is 341 g/mol. The van der Waals surface area contributed by atoms with Crippen LogP contribution < -0.4 is 20.5 Å². The molecule has 1 amide bonds. The lowest BCUT2D eigenvalue weighted by atomic mass is 9.84. The summed E-state index contributed by atoms with van der Waals surface area (Å²) in [6.07, 6.45) is 3.40. The van der Waals surface area contributed by atoms with Crippen LogP contribution in [-0.2, 0) is 4.79 Å². The van der Waals surface area contributed by atoms with Gasteiger partial charge in [0.2, 0.25) is 5.91 Å². The van der Waals surface area contributed by atoms with Gasteiger partial charge >= 0.3 is 0 Å². The summed E-state index contributed by atoms with van der Waals surface area (Å²) in [6.45, 7) is 2.46. The van der Waals surface area contributed by atoms with Gasteiger partial charge in [0.05, 0.1) is 19.6 Å². The van der Waals surface area contributed by atoms with Crippen LogP contribution in [0.1, 0.15) is 26.2 Å². The van der Waals surface area contributed by atoms with E-state index in [1.165, 1.54) is 6.42 Å². The lowest BCUT2D eigenvalue weighted by Crippen LogP contribution is -2.42. The molecule has 2 bridgehead atoms. The number of halogens is 1. The third-order valence-corrected chi connectivity index (χ3v) is 5.01. The first-order valence-electron chi connectivity index (χ1n) is 8.01. The molecule has 1 aromatic carbocycles. The normalized spacial score (nSPS) is 28.1. The molecule has 23 heavy (non-hydrogen) atoms. The Labute approximate surface area is 143 Å². The van der Waals surface area contributed by atoms with E-state index in [4.69, 9.17) is 15.2 Å². The van der Waals surface area contributed by atoms with Crippen molar-refractivity contribution in [3.8, 4) is 11.5 Å². The Morgan fingerprint density at radius 2 is 2.04 bits per heavy atom. The first-order valence-corrected chi connectivity index (χ1v) is 8.01. The molecule has 0 heterocycles. The summed E-state index contributed by atoms with van der Waals surface area (Å²) in [5.41, 5.74) is 6.96. The molecule has 1 aromatic rings. The molecule has 0 saturated heterocycles. The van der Waals surface area contributed by atoms with Gasteiger partial charge in [-0.15, -0.1) is 12.4 Å². The van der Waals surface area contributed by atoms with Gasteiger partial charge in [-0.25, -0.2) is 0 Å². The van der Waals surface area contributed by atoms with E-state index in [-0.39, 0.29) is 30.3 Å². The largest absolute Gasteiger partial charge is 0.493 e. The van der Waals surface area contributed by atoms with Crippen molar-refractivity contribution in [2.24, 2.45) is 23.5 Å². The number of ether oxygens (including phenoxy) is 2. The fourth-order valence-electron chi connectivity index (χ4n) is 3.97. The zero-order valence-corrected chi connectivity index (χ0v) is 14.4. The molecule has 3 N–H and O–H groups in total. The van der Waals surface area contributed by atoms with Gasteiger partial charge in [-0.1, -0.05) is 0 Å². The number of amides is 1. The van der Waals surface area contributed by atoms with Crippen molar-refractivity contribution in [2.75, 3.05) is 19.0 Å². The van der Waals surface area contributed by atoms with E-state index >= 15 is 0 Å². The number of methoxy groups -OCH3 is 1. The highest BCUT2D eigenvalue weighted by Crippen LogP contribution is 2.48. The van der Waals surface area contributed by atoms with E-state index in [0.717, 1.165) is 18.5 Å². The maximum atomic E-state index is 12.6. The number of carbonyl (C=O) groups excluding carboxylic acids is 1. The molecule has 6 heteroatoms. The Bertz CT molecular complexity index is 565. The van der Waals surface area contributed by atoms with Crippen LogP contribution in [0.15, 0.2) is 18.2 Å². The Hall–Kier alpha value is -1.46. The van der Waals surface area contributed by atoms with Crippen LogP contribution in [-0.4, -0.2) is 25.7 Å². The molecule has 2 fully saturated rings. The van der Waals surface area contributed by atoms with Crippen LogP contribution in [0.25, 0.3) is 0 Å². The minimum Gasteiger partial charge on any atom is -0.493 e. The third kappa shape index (κ3) is 3.40. The van der Waals surface area contributed by atoms with Gasteiger partial charge in [0, 0.05) is 17.8 Å². The summed E-state index contributed by atoms with van der Waals surface area (Å²) >= 11 is 0. The van der Waals surface area contributed by atoms with Crippen LogP contribution in [0.2, 0.25) is 0 Å². The minimum atomic E-state index is -0.0589. The molecule has 5 nitrogen and oxygen atoms in total. The van der Waals surface area contributed by atoms with Gasteiger partial charge in [0.25, 0.3) is 0 Å². The second-order valence-corrected chi connectivity index (χ2v) is 6.22. The van der Waals surface area contributed by atoms with Crippen LogP contribution >= 0.6 is 12.4 Å². The predicted octanol–water partition coefficient (Wildman–Crippen LogP) is 2.83. The van der Waals surface area contributed by atoms with Crippen LogP contribution in [0.3, 0.4) is 0 Å². The van der Waals surface area contributed by atoms with Crippen molar-refractivity contribution >= 4 is 24.0 Å². The molecule has 128 valence electrons. The van der Waals surface area contributed by atoms with Gasteiger partial charge in [-0.2, -0.15) is 0 Å². The quantitative estimate of drug-likeness (QED) is 0.864. The summed E-state index contributed by atoms with van der Waals surface area (Å²) in [7, 11) is 1.60. The summed E-state index contributed by atoms with van der Waals surface area (Å²) in [5, 5.41) is 2.99. The number of nitrogens with two attached hydrogens (primary N) is 1. The molecule has 2 aliphatic rings. The molecule has 0 aromatic heterocycles. The number of carbonyl (C=O) groups is 1. The number of hydrogen-bond acceptors (Lipinski definition) is 4. The first kappa shape index (κ1) is 17.9. The molecule has 4 unspecified atom stereocenters. The van der Waals surface area contributed by atoms with E-state index in [1.807, 2.05) is 13.0 Å². The summed E-state index contributed by atoms with van der Waals surface area (Å²) in [5.74, 6) is 2.25. The lowest BCUT2D eigenvalue weighted by molar-refractivity contribution is -0.121. The van der Waals surface area contributed by atoms with Crippen molar-refractivity contribution in [2.45, 2.75) is 32.2 Å². The smallest absolute Gasteiger partial charge is 0.229 e. The summed E-state index contributed by atoms with van der Waals surface area (Å²) in [6, 6.07) is 5.45. The number of benzene rings is 1. The van der Waals surface area contributed by atoms with Crippen molar-refractivity contribution in [1.29, 1.82) is 0 Å². The van der Waals surface area contributed by atoms with Crippen molar-refractivity contribution in [1.82, 2.24) is 0 Å². The Morgan fingerprint density at radius 3 is 2.65 bits per heavy atom. The standard InChI is InChI=1S/C17H24N2O3.ClH/c1-3-22-14-9-12(6-7-13(14)21-2)19-17(20)15-10-4-5-11(8-10)16(15)18;/h6-7,9-11,15-16H,3-5,8,18H2,1-2H3,(H,19,20);1H. The fourth-order valence-corrected chi connectivity index (χ4v) is 3.97. The average Bonchev–Trinajstić information content (AvgIpc) is 3.08. The molecular weight excluding hydrogens is 316 g/mol. The van der Waals surface area contributed by atoms with Crippen LogP contribution in [0, 0.1) is 17.8 Å². The highest BCUT2D eigenvalue weighted by Gasteiger charge is 2.49. The topological polar surface area (TPSA) is 73.6 Å². The van der Waals surface area contributed by atoms with E-state index < -0.39 is 0 Å². The van der Waals surface area contributed by atoms with Crippen molar-refractivity contribution in [3.63, 3.8) is 0 Å². The second kappa shape index (κ2) is 7.41. The lowest BCUT2D eigenvalue weighted by Gasteiger charge is -2.27. The summed E-state index contributed by atoms with van der Waals surface area (Å²) < 4.78 is 10.8.